The van der Waals surface area contributed by atoms with Gasteiger partial charge in [0, 0.05) is 13.2 Å². The van der Waals surface area contributed by atoms with Crippen LogP contribution < -0.4 is 5.73 Å². The first-order valence-corrected chi connectivity index (χ1v) is 7.40. The van der Waals surface area contributed by atoms with Crippen LogP contribution in [-0.4, -0.2) is 18.8 Å². The maximum Gasteiger partial charge on any atom is 0.101 e. The van der Waals surface area contributed by atoms with E-state index in [1.807, 2.05) is 0 Å². The SMILES string of the molecule is CCCCCCCCOCCCCC(C)(N)C#N. The number of hydrogen-bond donors (Lipinski definition) is 1. The molecule has 0 aliphatic heterocycles. The van der Waals surface area contributed by atoms with Crippen molar-refractivity contribution in [3.8, 4) is 6.07 Å². The smallest absolute Gasteiger partial charge is 0.101 e. The minimum Gasteiger partial charge on any atom is -0.381 e. The minimum absolute atomic E-state index is 0.667. The van der Waals surface area contributed by atoms with Crippen LogP contribution in [0.25, 0.3) is 0 Å². The molecule has 0 radical (unpaired) electrons. The molecule has 0 aliphatic carbocycles. The van der Waals surface area contributed by atoms with Gasteiger partial charge in [-0.25, -0.2) is 0 Å². The summed E-state index contributed by atoms with van der Waals surface area (Å²) in [5, 5.41) is 8.75. The molecular formula is C15H30N2O. The summed E-state index contributed by atoms with van der Waals surface area (Å²) in [6.07, 6.45) is 10.6. The molecule has 0 fully saturated rings. The van der Waals surface area contributed by atoms with E-state index in [-0.39, 0.29) is 0 Å². The molecular weight excluding hydrogens is 224 g/mol. The highest BCUT2D eigenvalue weighted by Crippen LogP contribution is 2.09. The molecule has 0 bridgehead atoms. The monoisotopic (exact) mass is 254 g/mol. The maximum atomic E-state index is 8.75. The first-order chi connectivity index (χ1) is 8.62. The van der Waals surface area contributed by atoms with Gasteiger partial charge in [0.05, 0.1) is 6.07 Å². The summed E-state index contributed by atoms with van der Waals surface area (Å²) in [7, 11) is 0. The van der Waals surface area contributed by atoms with Crippen LogP contribution in [0.2, 0.25) is 0 Å². The van der Waals surface area contributed by atoms with Crippen LogP contribution in [0.1, 0.15) is 71.6 Å². The zero-order chi connectivity index (χ0) is 13.7. The molecule has 0 amide bonds. The van der Waals surface area contributed by atoms with Gasteiger partial charge in [0.25, 0.3) is 0 Å². The quantitative estimate of drug-likeness (QED) is 0.539. The van der Waals surface area contributed by atoms with Gasteiger partial charge in [0.15, 0.2) is 0 Å². The topological polar surface area (TPSA) is 59.0 Å². The van der Waals surface area contributed by atoms with E-state index >= 15 is 0 Å². The molecule has 18 heavy (non-hydrogen) atoms. The zero-order valence-electron chi connectivity index (χ0n) is 12.2. The Bertz CT molecular complexity index is 221. The molecule has 0 saturated carbocycles. The van der Waals surface area contributed by atoms with Gasteiger partial charge in [-0.3, -0.25) is 0 Å². The van der Waals surface area contributed by atoms with Crippen LogP contribution >= 0.6 is 0 Å². The molecule has 0 aromatic carbocycles. The van der Waals surface area contributed by atoms with Gasteiger partial charge in [0.1, 0.15) is 5.54 Å². The maximum absolute atomic E-state index is 8.75. The molecule has 106 valence electrons. The van der Waals surface area contributed by atoms with E-state index in [0.29, 0.717) is 0 Å². The molecule has 0 spiro atoms. The zero-order valence-corrected chi connectivity index (χ0v) is 12.2. The summed E-state index contributed by atoms with van der Waals surface area (Å²) < 4.78 is 5.56. The Morgan fingerprint density at radius 3 is 2.17 bits per heavy atom. The summed E-state index contributed by atoms with van der Waals surface area (Å²) in [5.41, 5.74) is 5.07. The van der Waals surface area contributed by atoms with E-state index in [9.17, 15) is 0 Å². The van der Waals surface area contributed by atoms with Crippen LogP contribution in [-0.2, 0) is 4.74 Å². The number of unbranched alkanes of at least 4 members (excludes halogenated alkanes) is 6. The van der Waals surface area contributed by atoms with Crippen LogP contribution in [0.5, 0.6) is 0 Å². The minimum atomic E-state index is -0.667. The molecule has 1 unspecified atom stereocenters. The Balaban J connectivity index is 3.11. The number of nitrogens with zero attached hydrogens (tertiary/aromatic N) is 1. The van der Waals surface area contributed by atoms with Crippen molar-refractivity contribution < 1.29 is 4.74 Å². The Hall–Kier alpha value is -0.590. The number of hydrogen-bond acceptors (Lipinski definition) is 3. The molecule has 0 aromatic rings. The van der Waals surface area contributed by atoms with Crippen LogP contribution in [0.15, 0.2) is 0 Å². The van der Waals surface area contributed by atoms with Crippen molar-refractivity contribution in [1.29, 1.82) is 5.26 Å². The van der Waals surface area contributed by atoms with Gasteiger partial charge in [-0.2, -0.15) is 5.26 Å². The third kappa shape index (κ3) is 11.9. The Labute approximate surface area is 113 Å². The standard InChI is InChI=1S/C15H30N2O/c1-3-4-5-6-7-9-12-18-13-10-8-11-15(2,17)14-16/h3-13,17H2,1-2H3. The molecule has 0 saturated heterocycles. The molecule has 0 heterocycles. The third-order valence-electron chi connectivity index (χ3n) is 3.13. The fourth-order valence-corrected chi connectivity index (χ4v) is 1.84. The van der Waals surface area contributed by atoms with Gasteiger partial charge >= 0.3 is 0 Å². The highest BCUT2D eigenvalue weighted by Gasteiger charge is 2.15. The molecule has 0 aromatic heterocycles. The second-order valence-electron chi connectivity index (χ2n) is 5.37. The summed E-state index contributed by atoms with van der Waals surface area (Å²) in [6, 6.07) is 2.11. The fourth-order valence-electron chi connectivity index (χ4n) is 1.84. The van der Waals surface area contributed by atoms with E-state index in [2.05, 4.69) is 13.0 Å². The van der Waals surface area contributed by atoms with Gasteiger partial charge < -0.3 is 10.5 Å². The Kier molecular flexibility index (Phi) is 11.1. The lowest BCUT2D eigenvalue weighted by atomic mass is 9.98. The normalized spacial score (nSPS) is 14.1. The van der Waals surface area contributed by atoms with Crippen LogP contribution in [0.4, 0.5) is 0 Å². The van der Waals surface area contributed by atoms with E-state index in [1.165, 1.54) is 38.5 Å². The molecule has 2 N–H and O–H groups in total. The fraction of sp³-hybridized carbons (Fsp3) is 0.933. The van der Waals surface area contributed by atoms with Crippen molar-refractivity contribution in [2.75, 3.05) is 13.2 Å². The summed E-state index contributed by atoms with van der Waals surface area (Å²) in [5.74, 6) is 0. The lowest BCUT2D eigenvalue weighted by Crippen LogP contribution is -2.33. The van der Waals surface area contributed by atoms with Crippen LogP contribution in [0.3, 0.4) is 0 Å². The largest absolute Gasteiger partial charge is 0.381 e. The van der Waals surface area contributed by atoms with Crippen LogP contribution in [0, 0.1) is 11.3 Å². The van der Waals surface area contributed by atoms with Crippen molar-refractivity contribution in [3.63, 3.8) is 0 Å². The molecule has 3 nitrogen and oxygen atoms in total. The van der Waals surface area contributed by atoms with Gasteiger partial charge in [-0.1, -0.05) is 39.0 Å². The van der Waals surface area contributed by atoms with E-state index < -0.39 is 5.54 Å². The highest BCUT2D eigenvalue weighted by molar-refractivity contribution is 5.00. The van der Waals surface area contributed by atoms with Crippen molar-refractivity contribution in [3.05, 3.63) is 0 Å². The first kappa shape index (κ1) is 17.4. The molecule has 0 aliphatic rings. The molecule has 0 rings (SSSR count). The average molecular weight is 254 g/mol. The second kappa shape index (κ2) is 11.5. The van der Waals surface area contributed by atoms with Gasteiger partial charge in [0.2, 0.25) is 0 Å². The number of nitriles is 1. The van der Waals surface area contributed by atoms with Gasteiger partial charge in [-0.15, -0.1) is 0 Å². The lowest BCUT2D eigenvalue weighted by Gasteiger charge is -2.14. The molecule has 3 heteroatoms. The number of nitrogens with two attached hydrogens (primary N) is 1. The highest BCUT2D eigenvalue weighted by atomic mass is 16.5. The van der Waals surface area contributed by atoms with Crippen molar-refractivity contribution in [2.45, 2.75) is 77.2 Å². The summed E-state index contributed by atoms with van der Waals surface area (Å²) in [6.45, 7) is 5.70. The van der Waals surface area contributed by atoms with Crippen molar-refractivity contribution in [2.24, 2.45) is 5.73 Å². The van der Waals surface area contributed by atoms with E-state index in [4.69, 9.17) is 15.7 Å². The Morgan fingerprint density at radius 2 is 1.56 bits per heavy atom. The van der Waals surface area contributed by atoms with E-state index in [0.717, 1.165) is 32.5 Å². The van der Waals surface area contributed by atoms with E-state index in [1.54, 1.807) is 6.92 Å². The lowest BCUT2D eigenvalue weighted by molar-refractivity contribution is 0.125. The predicted molar refractivity (Wildman–Crippen MR) is 76.3 cm³/mol. The number of ether oxygens (including phenoxy) is 1. The third-order valence-corrected chi connectivity index (χ3v) is 3.13. The first-order valence-electron chi connectivity index (χ1n) is 7.40. The van der Waals surface area contributed by atoms with Crippen molar-refractivity contribution >= 4 is 0 Å². The van der Waals surface area contributed by atoms with Crippen molar-refractivity contribution in [1.82, 2.24) is 0 Å². The number of rotatable bonds is 12. The van der Waals surface area contributed by atoms with Gasteiger partial charge in [-0.05, 0) is 32.6 Å². The average Bonchev–Trinajstić information content (AvgIpc) is 2.36. The second-order valence-corrected chi connectivity index (χ2v) is 5.37. The Morgan fingerprint density at radius 1 is 1.00 bits per heavy atom. The molecule has 1 atom stereocenters. The summed E-state index contributed by atoms with van der Waals surface area (Å²) in [4.78, 5) is 0. The summed E-state index contributed by atoms with van der Waals surface area (Å²) >= 11 is 0. The predicted octanol–water partition coefficient (Wildman–Crippen LogP) is 3.77.